The van der Waals surface area contributed by atoms with Gasteiger partial charge in [0.1, 0.15) is 11.6 Å². The number of nitrogens with zero attached hydrogens (tertiary/aromatic N) is 1. The molecular weight excluding hydrogens is 281 g/mol. The van der Waals surface area contributed by atoms with Gasteiger partial charge in [-0.15, -0.1) is 0 Å². The summed E-state index contributed by atoms with van der Waals surface area (Å²) in [5.74, 6) is 0.813. The van der Waals surface area contributed by atoms with Crippen LogP contribution < -0.4 is 11.1 Å². The topological polar surface area (TPSA) is 66.7 Å². The number of H-pyrrole nitrogens is 1. The Morgan fingerprint density at radius 3 is 2.58 bits per heavy atom. The van der Waals surface area contributed by atoms with E-state index < -0.39 is 11.7 Å². The molecule has 1 aromatic heterocycles. The van der Waals surface area contributed by atoms with Crippen molar-refractivity contribution < 1.29 is 13.2 Å². The quantitative estimate of drug-likeness (QED) is 0.790. The smallest absolute Gasteiger partial charge is 0.382 e. The van der Waals surface area contributed by atoms with Crippen LogP contribution in [-0.2, 0) is 6.18 Å². The summed E-state index contributed by atoms with van der Waals surface area (Å²) in [5, 5.41) is 2.55. The number of anilines is 3. The molecule has 102 valence electrons. The zero-order chi connectivity index (χ0) is 14.2. The first-order chi connectivity index (χ1) is 8.77. The maximum Gasteiger partial charge on any atom is 0.418 e. The lowest BCUT2D eigenvalue weighted by Crippen LogP contribution is -2.09. The van der Waals surface area contributed by atoms with Crippen LogP contribution in [0.3, 0.4) is 0 Å². The highest BCUT2D eigenvalue weighted by molar-refractivity contribution is 6.30. The van der Waals surface area contributed by atoms with Crippen molar-refractivity contribution in [3.8, 4) is 0 Å². The summed E-state index contributed by atoms with van der Waals surface area (Å²) in [6, 6.07) is 3.43. The van der Waals surface area contributed by atoms with Crippen LogP contribution in [-0.4, -0.2) is 9.97 Å². The van der Waals surface area contributed by atoms with Crippen molar-refractivity contribution in [2.45, 2.75) is 13.1 Å². The molecular formula is C11H10ClF3N4. The summed E-state index contributed by atoms with van der Waals surface area (Å²) >= 11 is 5.59. The van der Waals surface area contributed by atoms with Gasteiger partial charge in [-0.25, -0.2) is 4.98 Å². The summed E-state index contributed by atoms with van der Waals surface area (Å²) in [6.45, 7) is 1.65. The van der Waals surface area contributed by atoms with Crippen LogP contribution >= 0.6 is 11.6 Å². The molecule has 4 N–H and O–H groups in total. The van der Waals surface area contributed by atoms with Gasteiger partial charge in [-0.2, -0.15) is 13.2 Å². The molecule has 0 radical (unpaired) electrons. The minimum atomic E-state index is -4.52. The average molecular weight is 291 g/mol. The van der Waals surface area contributed by atoms with Crippen molar-refractivity contribution in [3.63, 3.8) is 0 Å². The summed E-state index contributed by atoms with van der Waals surface area (Å²) in [7, 11) is 0. The lowest BCUT2D eigenvalue weighted by molar-refractivity contribution is -0.136. The van der Waals surface area contributed by atoms with Gasteiger partial charge in [-0.3, -0.25) is 0 Å². The number of alkyl halides is 3. The van der Waals surface area contributed by atoms with Crippen LogP contribution in [0, 0.1) is 6.92 Å². The van der Waals surface area contributed by atoms with Crippen molar-refractivity contribution in [1.82, 2.24) is 9.97 Å². The molecule has 0 bridgehead atoms. The first kappa shape index (κ1) is 13.5. The van der Waals surface area contributed by atoms with Gasteiger partial charge in [0.05, 0.1) is 11.3 Å². The van der Waals surface area contributed by atoms with E-state index in [4.69, 9.17) is 17.3 Å². The first-order valence-electron chi connectivity index (χ1n) is 5.23. The first-order valence-corrected chi connectivity index (χ1v) is 5.61. The van der Waals surface area contributed by atoms with E-state index in [9.17, 15) is 13.2 Å². The third kappa shape index (κ3) is 2.93. The lowest BCUT2D eigenvalue weighted by atomic mass is 10.1. The normalized spacial score (nSPS) is 11.6. The zero-order valence-electron chi connectivity index (χ0n) is 9.77. The predicted molar refractivity (Wildman–Crippen MR) is 67.5 cm³/mol. The number of rotatable bonds is 2. The van der Waals surface area contributed by atoms with Gasteiger partial charge >= 0.3 is 6.18 Å². The summed E-state index contributed by atoms with van der Waals surface area (Å²) in [5.41, 5.74) is 4.56. The Balaban J connectivity index is 2.43. The van der Waals surface area contributed by atoms with Crippen molar-refractivity contribution in [2.75, 3.05) is 11.1 Å². The summed E-state index contributed by atoms with van der Waals surface area (Å²) in [6.07, 6.45) is -4.52. The number of nitrogens with one attached hydrogen (secondary N) is 2. The second-order valence-electron chi connectivity index (χ2n) is 3.90. The van der Waals surface area contributed by atoms with E-state index >= 15 is 0 Å². The molecule has 0 spiro atoms. The molecule has 0 atom stereocenters. The van der Waals surface area contributed by atoms with E-state index in [-0.39, 0.29) is 22.3 Å². The molecule has 0 aliphatic carbocycles. The van der Waals surface area contributed by atoms with E-state index in [0.29, 0.717) is 5.82 Å². The monoisotopic (exact) mass is 290 g/mol. The maximum absolute atomic E-state index is 12.9. The highest BCUT2D eigenvalue weighted by Gasteiger charge is 2.34. The standard InChI is InChI=1S/C11H10ClF3N4/c1-5-17-9(16)10(18-5)19-8-3-2-6(12)4-7(8)11(13,14)15/h2-4,19H,16H2,1H3,(H,17,18). The van der Waals surface area contributed by atoms with E-state index in [0.717, 1.165) is 6.07 Å². The van der Waals surface area contributed by atoms with Gasteiger partial charge in [0, 0.05) is 5.02 Å². The van der Waals surface area contributed by atoms with E-state index in [2.05, 4.69) is 15.3 Å². The van der Waals surface area contributed by atoms with Gasteiger partial charge in [-0.1, -0.05) is 11.6 Å². The molecule has 0 saturated heterocycles. The van der Waals surface area contributed by atoms with Crippen LogP contribution in [0.4, 0.5) is 30.5 Å². The number of nitrogen functional groups attached to an aromatic ring is 1. The molecule has 1 heterocycles. The molecule has 19 heavy (non-hydrogen) atoms. The number of aryl methyl sites for hydroxylation is 1. The highest BCUT2D eigenvalue weighted by Crippen LogP contribution is 2.37. The lowest BCUT2D eigenvalue weighted by Gasteiger charge is -2.14. The molecule has 0 fully saturated rings. The van der Waals surface area contributed by atoms with Gasteiger partial charge in [0.2, 0.25) is 0 Å². The second kappa shape index (κ2) is 4.65. The molecule has 0 aliphatic heterocycles. The van der Waals surface area contributed by atoms with Crippen molar-refractivity contribution >= 4 is 28.9 Å². The van der Waals surface area contributed by atoms with Crippen LogP contribution in [0.2, 0.25) is 5.02 Å². The molecule has 0 aliphatic rings. The fourth-order valence-corrected chi connectivity index (χ4v) is 1.76. The van der Waals surface area contributed by atoms with Crippen molar-refractivity contribution in [3.05, 3.63) is 34.6 Å². The Morgan fingerprint density at radius 2 is 2.05 bits per heavy atom. The zero-order valence-corrected chi connectivity index (χ0v) is 10.5. The van der Waals surface area contributed by atoms with Crippen molar-refractivity contribution in [1.29, 1.82) is 0 Å². The molecule has 1 aromatic carbocycles. The highest BCUT2D eigenvalue weighted by atomic mass is 35.5. The minimum absolute atomic E-state index is 0.00375. The second-order valence-corrected chi connectivity index (χ2v) is 4.33. The number of aromatic nitrogens is 2. The Hall–Kier alpha value is -1.89. The van der Waals surface area contributed by atoms with Crippen LogP contribution in [0.1, 0.15) is 11.4 Å². The van der Waals surface area contributed by atoms with Crippen LogP contribution in [0.15, 0.2) is 18.2 Å². The molecule has 0 unspecified atom stereocenters. The Morgan fingerprint density at radius 1 is 1.37 bits per heavy atom. The Labute approximate surface area is 111 Å². The predicted octanol–water partition coefficient (Wildman–Crippen LogP) is 3.72. The molecule has 0 amide bonds. The fourth-order valence-electron chi connectivity index (χ4n) is 1.59. The van der Waals surface area contributed by atoms with Crippen LogP contribution in [0.25, 0.3) is 0 Å². The number of hydrogen-bond donors (Lipinski definition) is 3. The molecule has 8 heteroatoms. The van der Waals surface area contributed by atoms with Crippen LogP contribution in [0.5, 0.6) is 0 Å². The van der Waals surface area contributed by atoms with E-state index in [1.165, 1.54) is 12.1 Å². The van der Waals surface area contributed by atoms with Crippen molar-refractivity contribution in [2.24, 2.45) is 0 Å². The fraction of sp³-hybridized carbons (Fsp3) is 0.182. The van der Waals surface area contributed by atoms with Gasteiger partial charge < -0.3 is 16.0 Å². The third-order valence-electron chi connectivity index (χ3n) is 2.39. The SMILES string of the molecule is Cc1nc(Nc2ccc(Cl)cc2C(F)(F)F)c(N)[nH]1. The number of aromatic amines is 1. The van der Waals surface area contributed by atoms with E-state index in [1.807, 2.05) is 0 Å². The molecule has 4 nitrogen and oxygen atoms in total. The largest absolute Gasteiger partial charge is 0.418 e. The molecule has 2 aromatic rings. The number of imidazole rings is 1. The van der Waals surface area contributed by atoms with Gasteiger partial charge in [0.25, 0.3) is 0 Å². The Kier molecular flexibility index (Phi) is 3.32. The number of nitrogens with two attached hydrogens (primary N) is 1. The third-order valence-corrected chi connectivity index (χ3v) is 2.63. The number of halogens is 4. The minimum Gasteiger partial charge on any atom is -0.382 e. The Bertz CT molecular complexity index is 606. The average Bonchev–Trinajstić information content (AvgIpc) is 2.58. The maximum atomic E-state index is 12.9. The number of hydrogen-bond acceptors (Lipinski definition) is 3. The van der Waals surface area contributed by atoms with Gasteiger partial charge in [-0.05, 0) is 25.1 Å². The molecule has 0 saturated carbocycles. The van der Waals surface area contributed by atoms with E-state index in [1.54, 1.807) is 6.92 Å². The number of benzene rings is 1. The summed E-state index contributed by atoms with van der Waals surface area (Å²) < 4.78 is 38.6. The molecule has 2 rings (SSSR count). The van der Waals surface area contributed by atoms with Gasteiger partial charge in [0.15, 0.2) is 5.82 Å². The summed E-state index contributed by atoms with van der Waals surface area (Å²) in [4.78, 5) is 6.65.